The van der Waals surface area contributed by atoms with Crippen LogP contribution in [-0.4, -0.2) is 29.1 Å². The number of carbonyl (C=O) groups is 1. The van der Waals surface area contributed by atoms with Gasteiger partial charge in [-0.05, 0) is 30.5 Å². The van der Waals surface area contributed by atoms with Crippen molar-refractivity contribution in [2.45, 2.75) is 25.4 Å². The van der Waals surface area contributed by atoms with Crippen LogP contribution in [0.5, 0.6) is 0 Å². The van der Waals surface area contributed by atoms with Gasteiger partial charge in [-0.25, -0.2) is 9.78 Å². The van der Waals surface area contributed by atoms with Crippen molar-refractivity contribution in [1.29, 1.82) is 0 Å². The SMILES string of the molecule is O=C(OCc1ccccc1)N1CCC(c2nc3ccccc3s2)CC1. The molecular formula is C20H20N2O2S. The molecule has 0 unspecified atom stereocenters. The maximum atomic E-state index is 12.2. The molecule has 1 aliphatic rings. The molecule has 0 bridgehead atoms. The zero-order chi connectivity index (χ0) is 17.1. The zero-order valence-corrected chi connectivity index (χ0v) is 14.7. The summed E-state index contributed by atoms with van der Waals surface area (Å²) >= 11 is 1.78. The Labute approximate surface area is 151 Å². The van der Waals surface area contributed by atoms with Gasteiger partial charge >= 0.3 is 6.09 Å². The average Bonchev–Trinajstić information content (AvgIpc) is 3.11. The first-order valence-corrected chi connectivity index (χ1v) is 9.42. The molecule has 0 N–H and O–H groups in total. The van der Waals surface area contributed by atoms with Gasteiger partial charge in [-0.2, -0.15) is 0 Å². The van der Waals surface area contributed by atoms with Gasteiger partial charge in [0.05, 0.1) is 15.2 Å². The van der Waals surface area contributed by atoms with E-state index in [4.69, 9.17) is 9.72 Å². The molecule has 1 fully saturated rings. The minimum Gasteiger partial charge on any atom is -0.445 e. The molecule has 0 spiro atoms. The molecule has 128 valence electrons. The highest BCUT2D eigenvalue weighted by Gasteiger charge is 2.26. The fraction of sp³-hybridized carbons (Fsp3) is 0.300. The lowest BCUT2D eigenvalue weighted by molar-refractivity contribution is 0.0870. The van der Waals surface area contributed by atoms with Crippen LogP contribution < -0.4 is 0 Å². The summed E-state index contributed by atoms with van der Waals surface area (Å²) in [4.78, 5) is 18.8. The molecule has 25 heavy (non-hydrogen) atoms. The first kappa shape index (κ1) is 16.1. The van der Waals surface area contributed by atoms with E-state index in [0.717, 1.165) is 37.0 Å². The predicted molar refractivity (Wildman–Crippen MR) is 99.8 cm³/mol. The maximum absolute atomic E-state index is 12.2. The Morgan fingerprint density at radius 1 is 1.08 bits per heavy atom. The molecule has 3 aromatic rings. The van der Waals surface area contributed by atoms with Crippen molar-refractivity contribution in [1.82, 2.24) is 9.88 Å². The quantitative estimate of drug-likeness (QED) is 0.679. The number of ether oxygens (including phenoxy) is 1. The number of likely N-dealkylation sites (tertiary alicyclic amines) is 1. The molecule has 2 heterocycles. The predicted octanol–water partition coefficient (Wildman–Crippen LogP) is 4.81. The van der Waals surface area contributed by atoms with Gasteiger partial charge in [0, 0.05) is 19.0 Å². The Balaban J connectivity index is 1.32. The molecule has 0 atom stereocenters. The normalized spacial score (nSPS) is 15.4. The number of rotatable bonds is 3. The third-order valence-electron chi connectivity index (χ3n) is 4.62. The summed E-state index contributed by atoms with van der Waals surface area (Å²) < 4.78 is 6.67. The number of thiazole rings is 1. The van der Waals surface area contributed by atoms with Crippen molar-refractivity contribution in [3.63, 3.8) is 0 Å². The summed E-state index contributed by atoms with van der Waals surface area (Å²) in [5.74, 6) is 0.440. The molecule has 1 saturated heterocycles. The second-order valence-electron chi connectivity index (χ2n) is 6.32. The molecule has 5 heteroatoms. The summed E-state index contributed by atoms with van der Waals surface area (Å²) in [6.07, 6.45) is 1.67. The number of carbonyl (C=O) groups excluding carboxylic acids is 1. The molecule has 1 amide bonds. The van der Waals surface area contributed by atoms with Crippen molar-refractivity contribution in [3.05, 3.63) is 65.2 Å². The van der Waals surface area contributed by atoms with Crippen LogP contribution in [0.3, 0.4) is 0 Å². The Morgan fingerprint density at radius 3 is 2.56 bits per heavy atom. The second kappa shape index (κ2) is 7.23. The summed E-state index contributed by atoms with van der Waals surface area (Å²) in [5.41, 5.74) is 2.09. The monoisotopic (exact) mass is 352 g/mol. The van der Waals surface area contributed by atoms with Gasteiger partial charge in [0.2, 0.25) is 0 Å². The number of hydrogen-bond acceptors (Lipinski definition) is 4. The number of nitrogens with zero attached hydrogens (tertiary/aromatic N) is 2. The van der Waals surface area contributed by atoms with Crippen LogP contribution in [-0.2, 0) is 11.3 Å². The first-order chi connectivity index (χ1) is 12.3. The maximum Gasteiger partial charge on any atom is 0.410 e. The lowest BCUT2D eigenvalue weighted by Crippen LogP contribution is -2.38. The van der Waals surface area contributed by atoms with Crippen molar-refractivity contribution in [2.24, 2.45) is 0 Å². The fourth-order valence-electron chi connectivity index (χ4n) is 3.18. The zero-order valence-electron chi connectivity index (χ0n) is 13.9. The number of benzene rings is 2. The highest BCUT2D eigenvalue weighted by molar-refractivity contribution is 7.18. The molecule has 2 aromatic carbocycles. The summed E-state index contributed by atoms with van der Waals surface area (Å²) in [6, 6.07) is 18.0. The fourth-order valence-corrected chi connectivity index (χ4v) is 4.32. The van der Waals surface area contributed by atoms with Gasteiger partial charge in [-0.3, -0.25) is 0 Å². The molecule has 0 radical (unpaired) electrons. The van der Waals surface area contributed by atoms with Crippen LogP contribution >= 0.6 is 11.3 Å². The Kier molecular flexibility index (Phi) is 4.65. The van der Waals surface area contributed by atoms with Crippen molar-refractivity contribution in [3.8, 4) is 0 Å². The lowest BCUT2D eigenvalue weighted by Gasteiger charge is -2.30. The van der Waals surface area contributed by atoms with Crippen LogP contribution in [0, 0.1) is 0 Å². The van der Waals surface area contributed by atoms with Gasteiger partial charge in [0.15, 0.2) is 0 Å². The molecule has 1 aromatic heterocycles. The number of fused-ring (bicyclic) bond motifs is 1. The van der Waals surface area contributed by atoms with Crippen LogP contribution in [0.25, 0.3) is 10.2 Å². The van der Waals surface area contributed by atoms with Crippen molar-refractivity contribution < 1.29 is 9.53 Å². The second-order valence-corrected chi connectivity index (χ2v) is 7.38. The van der Waals surface area contributed by atoms with Crippen LogP contribution in [0.1, 0.15) is 29.3 Å². The molecule has 1 aliphatic heterocycles. The van der Waals surface area contributed by atoms with Gasteiger partial charge in [-0.15, -0.1) is 11.3 Å². The number of hydrogen-bond donors (Lipinski definition) is 0. The summed E-state index contributed by atoms with van der Waals surface area (Å²) in [7, 11) is 0. The minimum absolute atomic E-state index is 0.216. The lowest BCUT2D eigenvalue weighted by atomic mass is 9.98. The average molecular weight is 352 g/mol. The highest BCUT2D eigenvalue weighted by Crippen LogP contribution is 2.33. The van der Waals surface area contributed by atoms with Gasteiger partial charge in [0.1, 0.15) is 6.61 Å². The van der Waals surface area contributed by atoms with E-state index in [1.807, 2.05) is 41.3 Å². The van der Waals surface area contributed by atoms with Crippen molar-refractivity contribution in [2.75, 3.05) is 13.1 Å². The Bertz CT molecular complexity index is 821. The molecule has 0 aliphatic carbocycles. The number of para-hydroxylation sites is 1. The molecule has 4 nitrogen and oxygen atoms in total. The summed E-state index contributed by atoms with van der Waals surface area (Å²) in [5, 5.41) is 1.19. The van der Waals surface area contributed by atoms with E-state index in [1.54, 1.807) is 11.3 Å². The molecular weight excluding hydrogens is 332 g/mol. The van der Waals surface area contributed by atoms with Crippen LogP contribution in [0.2, 0.25) is 0 Å². The topological polar surface area (TPSA) is 42.4 Å². The minimum atomic E-state index is -0.216. The van der Waals surface area contributed by atoms with E-state index >= 15 is 0 Å². The van der Waals surface area contributed by atoms with E-state index in [1.165, 1.54) is 9.71 Å². The Morgan fingerprint density at radius 2 is 1.80 bits per heavy atom. The molecule has 0 saturated carbocycles. The van der Waals surface area contributed by atoms with E-state index in [2.05, 4.69) is 18.2 Å². The van der Waals surface area contributed by atoms with Gasteiger partial charge in [-0.1, -0.05) is 42.5 Å². The van der Waals surface area contributed by atoms with Crippen LogP contribution in [0.4, 0.5) is 4.79 Å². The standard InChI is InChI=1S/C20H20N2O2S/c23-20(24-14-15-6-2-1-3-7-15)22-12-10-16(11-13-22)19-21-17-8-4-5-9-18(17)25-19/h1-9,16H,10-14H2. The van der Waals surface area contributed by atoms with Crippen molar-refractivity contribution >= 4 is 27.6 Å². The Hall–Kier alpha value is -2.40. The van der Waals surface area contributed by atoms with E-state index in [9.17, 15) is 4.79 Å². The number of aromatic nitrogens is 1. The van der Waals surface area contributed by atoms with Gasteiger partial charge < -0.3 is 9.64 Å². The first-order valence-electron chi connectivity index (χ1n) is 8.61. The smallest absolute Gasteiger partial charge is 0.410 e. The highest BCUT2D eigenvalue weighted by atomic mass is 32.1. The van der Waals surface area contributed by atoms with E-state index < -0.39 is 0 Å². The largest absolute Gasteiger partial charge is 0.445 e. The third-order valence-corrected chi connectivity index (χ3v) is 5.82. The van der Waals surface area contributed by atoms with Crippen LogP contribution in [0.15, 0.2) is 54.6 Å². The third kappa shape index (κ3) is 3.66. The number of piperidine rings is 1. The van der Waals surface area contributed by atoms with E-state index in [0.29, 0.717) is 12.5 Å². The number of amides is 1. The molecule has 4 rings (SSSR count). The summed E-state index contributed by atoms with van der Waals surface area (Å²) in [6.45, 7) is 1.79. The van der Waals surface area contributed by atoms with Gasteiger partial charge in [0.25, 0.3) is 0 Å². The van der Waals surface area contributed by atoms with E-state index in [-0.39, 0.29) is 6.09 Å².